The van der Waals surface area contributed by atoms with Crippen molar-refractivity contribution in [1.29, 1.82) is 5.26 Å². The molecule has 5 nitrogen and oxygen atoms in total. The van der Waals surface area contributed by atoms with E-state index in [1.807, 2.05) is 17.0 Å². The smallest absolute Gasteiger partial charge is 0.337 e. The number of nitriles is 1. The van der Waals surface area contributed by atoms with E-state index < -0.39 is 0 Å². The fourth-order valence-electron chi connectivity index (χ4n) is 2.40. The highest BCUT2D eigenvalue weighted by molar-refractivity contribution is 5.89. The number of esters is 1. The van der Waals surface area contributed by atoms with Crippen molar-refractivity contribution >= 4 is 5.97 Å². The first-order chi connectivity index (χ1) is 10.2. The van der Waals surface area contributed by atoms with Gasteiger partial charge in [-0.1, -0.05) is 18.2 Å². The van der Waals surface area contributed by atoms with E-state index in [-0.39, 0.29) is 18.0 Å². The monoisotopic (exact) mass is 286 g/mol. The molecule has 2 rings (SSSR count). The van der Waals surface area contributed by atoms with Gasteiger partial charge >= 0.3 is 5.97 Å². The van der Waals surface area contributed by atoms with E-state index >= 15 is 0 Å². The van der Waals surface area contributed by atoms with Gasteiger partial charge in [-0.2, -0.15) is 5.26 Å². The molecule has 1 aliphatic rings. The summed E-state index contributed by atoms with van der Waals surface area (Å²) in [6.45, 7) is 5.50. The third-order valence-corrected chi connectivity index (χ3v) is 3.47. The summed E-state index contributed by atoms with van der Waals surface area (Å²) in [4.78, 5) is 13.4. The molecule has 0 aliphatic carbocycles. The summed E-state index contributed by atoms with van der Waals surface area (Å²) in [5.41, 5.74) is 1.38. The molecule has 1 heterocycles. The maximum absolute atomic E-state index is 11.4. The number of methoxy groups -OCH3 is 1. The van der Waals surface area contributed by atoms with Crippen molar-refractivity contribution in [1.82, 2.24) is 4.90 Å². The molecule has 1 aromatic rings. The second-order valence-electron chi connectivity index (χ2n) is 4.89. The zero-order valence-corrected chi connectivity index (χ0v) is 12.0. The normalized spacial score (nSPS) is 22.3. The average molecular weight is 286 g/mol. The molecule has 0 unspecified atom stereocenters. The maximum Gasteiger partial charge on any atom is 0.337 e. The molecule has 0 aromatic heterocycles. The number of benzene rings is 1. The van der Waals surface area contributed by atoms with Crippen LogP contribution >= 0.6 is 0 Å². The number of rotatable bonds is 4. The Labute approximate surface area is 124 Å². The zero-order chi connectivity index (χ0) is 15.2. The van der Waals surface area contributed by atoms with Crippen LogP contribution in [0, 0.1) is 17.2 Å². The molecule has 0 amide bonds. The molecule has 5 heteroatoms. The highest BCUT2D eigenvalue weighted by atomic mass is 16.5. The van der Waals surface area contributed by atoms with Gasteiger partial charge in [0.15, 0.2) is 0 Å². The molecule has 1 aliphatic heterocycles. The largest absolute Gasteiger partial charge is 0.465 e. The third kappa shape index (κ3) is 3.48. The van der Waals surface area contributed by atoms with Gasteiger partial charge in [0.05, 0.1) is 24.7 Å². The molecule has 1 aromatic carbocycles. The van der Waals surface area contributed by atoms with E-state index in [0.29, 0.717) is 25.4 Å². The summed E-state index contributed by atoms with van der Waals surface area (Å²) in [7, 11) is 1.35. The van der Waals surface area contributed by atoms with Crippen molar-refractivity contribution < 1.29 is 14.3 Å². The van der Waals surface area contributed by atoms with E-state index in [9.17, 15) is 10.1 Å². The number of nitrogens with zero attached hydrogens (tertiary/aromatic N) is 2. The van der Waals surface area contributed by atoms with Gasteiger partial charge in [0.1, 0.15) is 12.8 Å². The van der Waals surface area contributed by atoms with Crippen molar-refractivity contribution in [2.45, 2.75) is 6.10 Å². The summed E-state index contributed by atoms with van der Waals surface area (Å²) in [6.07, 6.45) is 1.52. The molecule has 1 saturated heterocycles. The molecule has 2 atom stereocenters. The first-order valence-corrected chi connectivity index (χ1v) is 6.72. The SMILES string of the molecule is C=CCN1CO[C@H](c2ccc(C(=O)OC)cc2)[C@@H](C#N)C1. The van der Waals surface area contributed by atoms with Gasteiger partial charge in [0, 0.05) is 13.1 Å². The van der Waals surface area contributed by atoms with Crippen LogP contribution in [-0.2, 0) is 9.47 Å². The van der Waals surface area contributed by atoms with Crippen LogP contribution in [0.4, 0.5) is 0 Å². The Morgan fingerprint density at radius 1 is 1.57 bits per heavy atom. The van der Waals surface area contributed by atoms with Crippen LogP contribution in [-0.4, -0.2) is 37.8 Å². The molecule has 21 heavy (non-hydrogen) atoms. The van der Waals surface area contributed by atoms with E-state index in [2.05, 4.69) is 17.4 Å². The number of carbonyl (C=O) groups excluding carboxylic acids is 1. The second-order valence-corrected chi connectivity index (χ2v) is 4.89. The minimum Gasteiger partial charge on any atom is -0.465 e. The Morgan fingerprint density at radius 3 is 2.86 bits per heavy atom. The van der Waals surface area contributed by atoms with Crippen LogP contribution in [0.2, 0.25) is 0 Å². The number of hydrogen-bond donors (Lipinski definition) is 0. The molecule has 0 radical (unpaired) electrons. The first-order valence-electron chi connectivity index (χ1n) is 6.72. The van der Waals surface area contributed by atoms with Crippen molar-refractivity contribution in [3.8, 4) is 6.07 Å². The molecule has 0 spiro atoms. The lowest BCUT2D eigenvalue weighted by Gasteiger charge is -2.35. The molecule has 1 fully saturated rings. The molecule has 0 saturated carbocycles. The Kier molecular flexibility index (Phi) is 5.09. The van der Waals surface area contributed by atoms with Gasteiger partial charge < -0.3 is 9.47 Å². The summed E-state index contributed by atoms with van der Waals surface area (Å²) in [5.74, 6) is -0.622. The van der Waals surface area contributed by atoms with Crippen LogP contribution in [0.15, 0.2) is 36.9 Å². The Hall–Kier alpha value is -2.16. The van der Waals surface area contributed by atoms with Crippen LogP contribution < -0.4 is 0 Å². The van der Waals surface area contributed by atoms with Gasteiger partial charge in [-0.05, 0) is 17.7 Å². The molecule has 0 bridgehead atoms. The van der Waals surface area contributed by atoms with Gasteiger partial charge in [-0.25, -0.2) is 4.79 Å². The fourth-order valence-corrected chi connectivity index (χ4v) is 2.40. The maximum atomic E-state index is 11.4. The van der Waals surface area contributed by atoms with Gasteiger partial charge in [0.2, 0.25) is 0 Å². The standard InChI is InChI=1S/C16H18N2O3/c1-3-8-18-10-14(9-17)15(21-11-18)12-4-6-13(7-5-12)16(19)20-2/h3-7,14-15H,1,8,10-11H2,2H3/t14-,15+/m0/s1. The lowest BCUT2D eigenvalue weighted by atomic mass is 9.94. The predicted molar refractivity (Wildman–Crippen MR) is 77.3 cm³/mol. The highest BCUT2D eigenvalue weighted by Gasteiger charge is 2.30. The minimum atomic E-state index is -0.375. The third-order valence-electron chi connectivity index (χ3n) is 3.47. The van der Waals surface area contributed by atoms with Crippen molar-refractivity contribution in [3.63, 3.8) is 0 Å². The summed E-state index contributed by atoms with van der Waals surface area (Å²) < 4.78 is 10.5. The van der Waals surface area contributed by atoms with Crippen LogP contribution in [0.5, 0.6) is 0 Å². The number of ether oxygens (including phenoxy) is 2. The Morgan fingerprint density at radius 2 is 2.29 bits per heavy atom. The van der Waals surface area contributed by atoms with Crippen molar-refractivity contribution in [3.05, 3.63) is 48.0 Å². The molecule has 110 valence electrons. The predicted octanol–water partition coefficient (Wildman–Crippen LogP) is 2.13. The van der Waals surface area contributed by atoms with E-state index in [1.54, 1.807) is 18.2 Å². The second kappa shape index (κ2) is 7.02. The van der Waals surface area contributed by atoms with E-state index in [4.69, 9.17) is 4.74 Å². The lowest BCUT2D eigenvalue weighted by Crippen LogP contribution is -2.40. The summed E-state index contributed by atoms with van der Waals surface area (Å²) in [6, 6.07) is 9.30. The molecular weight excluding hydrogens is 268 g/mol. The van der Waals surface area contributed by atoms with Gasteiger partial charge in [-0.3, -0.25) is 4.90 Å². The van der Waals surface area contributed by atoms with Crippen LogP contribution in [0.1, 0.15) is 22.0 Å². The summed E-state index contributed by atoms with van der Waals surface area (Å²) >= 11 is 0. The van der Waals surface area contributed by atoms with Crippen molar-refractivity contribution in [2.24, 2.45) is 5.92 Å². The van der Waals surface area contributed by atoms with Crippen LogP contribution in [0.3, 0.4) is 0 Å². The number of hydrogen-bond acceptors (Lipinski definition) is 5. The Bertz CT molecular complexity index is 548. The van der Waals surface area contributed by atoms with Crippen molar-refractivity contribution in [2.75, 3.05) is 26.9 Å². The Balaban J connectivity index is 2.12. The first kappa shape index (κ1) is 15.2. The highest BCUT2D eigenvalue weighted by Crippen LogP contribution is 2.30. The van der Waals surface area contributed by atoms with Gasteiger partial charge in [0.25, 0.3) is 0 Å². The molecule has 0 N–H and O–H groups in total. The fraction of sp³-hybridized carbons (Fsp3) is 0.375. The van der Waals surface area contributed by atoms with E-state index in [0.717, 1.165) is 5.56 Å². The van der Waals surface area contributed by atoms with E-state index in [1.165, 1.54) is 7.11 Å². The lowest BCUT2D eigenvalue weighted by molar-refractivity contribution is -0.0868. The minimum absolute atomic E-state index is 0.248. The zero-order valence-electron chi connectivity index (χ0n) is 12.0. The topological polar surface area (TPSA) is 62.6 Å². The molecular formula is C16H18N2O3. The quantitative estimate of drug-likeness (QED) is 0.627. The van der Waals surface area contributed by atoms with Gasteiger partial charge in [-0.15, -0.1) is 6.58 Å². The summed E-state index contributed by atoms with van der Waals surface area (Å²) in [5, 5.41) is 9.33. The van der Waals surface area contributed by atoms with Crippen LogP contribution in [0.25, 0.3) is 0 Å². The average Bonchev–Trinajstić information content (AvgIpc) is 2.54. The number of carbonyl (C=O) groups is 1.